The van der Waals surface area contributed by atoms with Crippen molar-refractivity contribution in [3.8, 4) is 5.75 Å². The summed E-state index contributed by atoms with van der Waals surface area (Å²) in [6.07, 6.45) is 1.75. The molecule has 0 aliphatic carbocycles. The van der Waals surface area contributed by atoms with Gasteiger partial charge in [-0.25, -0.2) is 9.97 Å². The van der Waals surface area contributed by atoms with Crippen LogP contribution in [-0.2, 0) is 0 Å². The van der Waals surface area contributed by atoms with Gasteiger partial charge in [0.2, 0.25) is 0 Å². The van der Waals surface area contributed by atoms with Crippen LogP contribution in [0.15, 0.2) is 66.9 Å². The summed E-state index contributed by atoms with van der Waals surface area (Å²) in [5, 5.41) is 1.80. The molecule has 0 spiro atoms. The molecule has 2 aromatic carbocycles. The highest BCUT2D eigenvalue weighted by Gasteiger charge is 2.26. The maximum absolute atomic E-state index is 13.6. The van der Waals surface area contributed by atoms with Gasteiger partial charge < -0.3 is 14.5 Å². The van der Waals surface area contributed by atoms with Gasteiger partial charge in [0.15, 0.2) is 0 Å². The highest BCUT2D eigenvalue weighted by molar-refractivity contribution is 6.16. The molecule has 0 unspecified atom stereocenters. The molecule has 4 aromatic rings. The van der Waals surface area contributed by atoms with Crippen LogP contribution in [-0.4, -0.2) is 54.1 Å². The number of nitrogens with zero attached hydrogens (tertiary/aromatic N) is 4. The van der Waals surface area contributed by atoms with Gasteiger partial charge in [-0.3, -0.25) is 4.79 Å². The molecule has 6 nitrogen and oxygen atoms in total. The standard InChI is InChI=1S/C24H22N4O2/c1-30-17-10-11-25-22(16-17)27-12-14-28(15-13-27)24(29)23-18-6-2-4-8-20(18)26-21-9-5-3-7-19(21)23/h2-11,16H,12-15H2,1H3. The zero-order valence-corrected chi connectivity index (χ0v) is 16.8. The number of ether oxygens (including phenoxy) is 1. The van der Waals surface area contributed by atoms with Crippen molar-refractivity contribution >= 4 is 33.5 Å². The number of carbonyl (C=O) groups is 1. The Labute approximate surface area is 174 Å². The van der Waals surface area contributed by atoms with Gasteiger partial charge >= 0.3 is 0 Å². The average molecular weight is 398 g/mol. The van der Waals surface area contributed by atoms with E-state index >= 15 is 0 Å². The summed E-state index contributed by atoms with van der Waals surface area (Å²) in [4.78, 5) is 26.9. The van der Waals surface area contributed by atoms with Gasteiger partial charge in [0.1, 0.15) is 11.6 Å². The Bertz CT molecular complexity index is 1180. The van der Waals surface area contributed by atoms with Crippen LogP contribution in [0.3, 0.4) is 0 Å². The molecule has 6 heteroatoms. The second-order valence-electron chi connectivity index (χ2n) is 7.35. The number of methoxy groups -OCH3 is 1. The molecule has 0 saturated carbocycles. The van der Waals surface area contributed by atoms with Crippen LogP contribution in [0, 0.1) is 0 Å². The lowest BCUT2D eigenvalue weighted by Gasteiger charge is -2.35. The molecule has 2 aromatic heterocycles. The van der Waals surface area contributed by atoms with E-state index in [2.05, 4.69) is 9.88 Å². The maximum atomic E-state index is 13.6. The second kappa shape index (κ2) is 7.63. The molecule has 1 aliphatic heterocycles. The first-order valence-electron chi connectivity index (χ1n) is 10.1. The molecule has 0 bridgehead atoms. The Balaban J connectivity index is 1.45. The van der Waals surface area contributed by atoms with Gasteiger partial charge in [-0.2, -0.15) is 0 Å². The first-order valence-corrected chi connectivity index (χ1v) is 10.1. The summed E-state index contributed by atoms with van der Waals surface area (Å²) in [7, 11) is 1.65. The molecule has 1 aliphatic rings. The van der Waals surface area contributed by atoms with Crippen LogP contribution >= 0.6 is 0 Å². The van der Waals surface area contributed by atoms with Crippen LogP contribution in [0.25, 0.3) is 21.8 Å². The minimum Gasteiger partial charge on any atom is -0.497 e. The van der Waals surface area contributed by atoms with Crippen molar-refractivity contribution in [3.63, 3.8) is 0 Å². The fourth-order valence-electron chi connectivity index (χ4n) is 4.07. The van der Waals surface area contributed by atoms with Crippen molar-refractivity contribution in [1.82, 2.24) is 14.9 Å². The summed E-state index contributed by atoms with van der Waals surface area (Å²) in [5.74, 6) is 1.72. The molecule has 5 rings (SSSR count). The number of amides is 1. The van der Waals surface area contributed by atoms with Crippen molar-refractivity contribution < 1.29 is 9.53 Å². The lowest BCUT2D eigenvalue weighted by molar-refractivity contribution is 0.0750. The first-order chi connectivity index (χ1) is 14.7. The second-order valence-corrected chi connectivity index (χ2v) is 7.35. The van der Waals surface area contributed by atoms with Crippen LogP contribution in [0.4, 0.5) is 5.82 Å². The van der Waals surface area contributed by atoms with Crippen LogP contribution in [0.2, 0.25) is 0 Å². The van der Waals surface area contributed by atoms with Gasteiger partial charge in [-0.15, -0.1) is 0 Å². The quantitative estimate of drug-likeness (QED) is 0.492. The number of benzene rings is 2. The van der Waals surface area contributed by atoms with Crippen molar-refractivity contribution in [3.05, 3.63) is 72.4 Å². The van der Waals surface area contributed by atoms with E-state index < -0.39 is 0 Å². The first kappa shape index (κ1) is 18.4. The fourth-order valence-corrected chi connectivity index (χ4v) is 4.07. The number of rotatable bonds is 3. The molecule has 0 atom stereocenters. The molecule has 3 heterocycles. The van der Waals surface area contributed by atoms with Gasteiger partial charge in [0.05, 0.1) is 23.7 Å². The van der Waals surface area contributed by atoms with Crippen molar-refractivity contribution in [2.24, 2.45) is 0 Å². The Kier molecular flexibility index (Phi) is 4.67. The van der Waals surface area contributed by atoms with Crippen LogP contribution < -0.4 is 9.64 Å². The topological polar surface area (TPSA) is 58.6 Å². The summed E-state index contributed by atoms with van der Waals surface area (Å²) in [6.45, 7) is 2.74. The van der Waals surface area contributed by atoms with E-state index in [1.54, 1.807) is 13.3 Å². The highest BCUT2D eigenvalue weighted by atomic mass is 16.5. The third kappa shape index (κ3) is 3.20. The van der Waals surface area contributed by atoms with E-state index in [-0.39, 0.29) is 5.91 Å². The van der Waals surface area contributed by atoms with E-state index in [9.17, 15) is 4.79 Å². The summed E-state index contributed by atoms with van der Waals surface area (Å²) < 4.78 is 5.31. The fraction of sp³-hybridized carbons (Fsp3) is 0.208. The number of carbonyl (C=O) groups excluding carboxylic acids is 1. The van der Waals surface area contributed by atoms with Crippen molar-refractivity contribution in [1.29, 1.82) is 0 Å². The van der Waals surface area contributed by atoms with Crippen LogP contribution in [0.1, 0.15) is 10.4 Å². The largest absolute Gasteiger partial charge is 0.497 e. The number of hydrogen-bond donors (Lipinski definition) is 0. The number of anilines is 1. The molecule has 30 heavy (non-hydrogen) atoms. The molecule has 0 radical (unpaired) electrons. The smallest absolute Gasteiger partial charge is 0.255 e. The number of fused-ring (bicyclic) bond motifs is 2. The summed E-state index contributed by atoms with van der Waals surface area (Å²) >= 11 is 0. The van der Waals surface area contributed by atoms with Gasteiger partial charge in [0.25, 0.3) is 5.91 Å². The Morgan fingerprint density at radius 3 is 2.17 bits per heavy atom. The normalized spacial score (nSPS) is 14.3. The Morgan fingerprint density at radius 1 is 0.900 bits per heavy atom. The molecule has 150 valence electrons. The van der Waals surface area contributed by atoms with Crippen molar-refractivity contribution in [2.75, 3.05) is 38.2 Å². The highest BCUT2D eigenvalue weighted by Crippen LogP contribution is 2.28. The number of hydrogen-bond acceptors (Lipinski definition) is 5. The van der Waals surface area contributed by atoms with E-state index in [1.165, 1.54) is 0 Å². The zero-order chi connectivity index (χ0) is 20.5. The van der Waals surface area contributed by atoms with E-state index in [4.69, 9.17) is 9.72 Å². The molecular formula is C24H22N4O2. The number of piperazine rings is 1. The molecular weight excluding hydrogens is 376 g/mol. The van der Waals surface area contributed by atoms with Crippen LogP contribution in [0.5, 0.6) is 5.75 Å². The lowest BCUT2D eigenvalue weighted by Crippen LogP contribution is -2.49. The monoisotopic (exact) mass is 398 g/mol. The van der Waals surface area contributed by atoms with E-state index in [0.29, 0.717) is 13.1 Å². The predicted octanol–water partition coefficient (Wildman–Crippen LogP) is 3.75. The SMILES string of the molecule is COc1ccnc(N2CCN(C(=O)c3c4ccccc4nc4ccccc34)CC2)c1. The number of para-hydroxylation sites is 2. The van der Waals surface area contributed by atoms with E-state index in [0.717, 1.165) is 52.0 Å². The molecule has 1 amide bonds. The van der Waals surface area contributed by atoms with Gasteiger partial charge in [0, 0.05) is 49.2 Å². The third-order valence-electron chi connectivity index (χ3n) is 5.65. The lowest BCUT2D eigenvalue weighted by atomic mass is 10.0. The average Bonchev–Trinajstić information content (AvgIpc) is 2.82. The third-order valence-corrected chi connectivity index (χ3v) is 5.65. The number of aromatic nitrogens is 2. The van der Waals surface area contributed by atoms with Gasteiger partial charge in [-0.1, -0.05) is 36.4 Å². The zero-order valence-electron chi connectivity index (χ0n) is 16.8. The Morgan fingerprint density at radius 2 is 1.53 bits per heavy atom. The maximum Gasteiger partial charge on any atom is 0.255 e. The van der Waals surface area contributed by atoms with E-state index in [1.807, 2.05) is 65.6 Å². The summed E-state index contributed by atoms with van der Waals surface area (Å²) in [6, 6.07) is 19.5. The summed E-state index contributed by atoms with van der Waals surface area (Å²) in [5.41, 5.74) is 2.43. The number of pyridine rings is 2. The Hall–Kier alpha value is -3.67. The predicted molar refractivity (Wildman–Crippen MR) is 118 cm³/mol. The molecule has 1 fully saturated rings. The minimum absolute atomic E-state index is 0.0584. The minimum atomic E-state index is 0.0584. The molecule has 1 saturated heterocycles. The van der Waals surface area contributed by atoms with Crippen molar-refractivity contribution in [2.45, 2.75) is 0 Å². The van der Waals surface area contributed by atoms with Gasteiger partial charge in [-0.05, 0) is 18.2 Å². The molecule has 0 N–H and O–H groups in total.